The lowest BCUT2D eigenvalue weighted by Crippen LogP contribution is -2.29. The molecule has 6 nitrogen and oxygen atoms in total. The smallest absolute Gasteiger partial charge is 0.410 e. The van der Waals surface area contributed by atoms with Gasteiger partial charge in [-0.05, 0) is 81.2 Å². The van der Waals surface area contributed by atoms with Crippen molar-refractivity contribution in [2.45, 2.75) is 51.4 Å². The van der Waals surface area contributed by atoms with Crippen LogP contribution in [0.3, 0.4) is 0 Å². The predicted octanol–water partition coefficient (Wildman–Crippen LogP) is 4.31. The fraction of sp³-hybridized carbons (Fsp3) is 0.696. The number of hydrogen-bond acceptors (Lipinski definition) is 5. The standard InChI is InChI=1S/C23H33BrN2O4/c1-16(28-2)29-20-5-6-22(24)19(12-20)11-18-7-9-25(13-18)10-8-21-15-26(23(27)30-21)14-17-3-4-17/h5-6,12,16-18,21H,3-4,7-11,13-15H2,1-2H3. The first-order valence-corrected chi connectivity index (χ1v) is 11.9. The second-order valence-electron chi connectivity index (χ2n) is 8.98. The van der Waals surface area contributed by atoms with Crippen LogP contribution in [0.15, 0.2) is 22.7 Å². The number of methoxy groups -OCH3 is 1. The lowest BCUT2D eigenvalue weighted by Gasteiger charge is -2.19. The van der Waals surface area contributed by atoms with Crippen LogP contribution in [0.2, 0.25) is 0 Å². The molecule has 0 spiro atoms. The molecule has 3 fully saturated rings. The Morgan fingerprint density at radius 1 is 1.23 bits per heavy atom. The van der Waals surface area contributed by atoms with Crippen molar-refractivity contribution in [1.29, 1.82) is 0 Å². The molecule has 1 aromatic carbocycles. The summed E-state index contributed by atoms with van der Waals surface area (Å²) in [6, 6.07) is 6.15. The SMILES string of the molecule is COC(C)Oc1ccc(Br)c(CC2CCN(CCC3CN(CC4CC4)C(=O)O3)C2)c1. The van der Waals surface area contributed by atoms with Gasteiger partial charge in [-0.25, -0.2) is 4.79 Å². The van der Waals surface area contributed by atoms with Gasteiger partial charge in [0.15, 0.2) is 6.29 Å². The molecular weight excluding hydrogens is 448 g/mol. The van der Waals surface area contributed by atoms with E-state index < -0.39 is 0 Å². The van der Waals surface area contributed by atoms with Gasteiger partial charge < -0.3 is 24.0 Å². The van der Waals surface area contributed by atoms with Crippen molar-refractivity contribution >= 4 is 22.0 Å². The highest BCUT2D eigenvalue weighted by Crippen LogP contribution is 2.32. The van der Waals surface area contributed by atoms with E-state index in [-0.39, 0.29) is 18.5 Å². The summed E-state index contributed by atoms with van der Waals surface area (Å²) in [5.41, 5.74) is 1.28. The number of nitrogens with zero attached hydrogens (tertiary/aromatic N) is 2. The molecule has 2 aliphatic heterocycles. The zero-order chi connectivity index (χ0) is 21.1. The minimum absolute atomic E-state index is 0.0565. The van der Waals surface area contributed by atoms with E-state index in [4.69, 9.17) is 14.2 Å². The van der Waals surface area contributed by atoms with Crippen molar-refractivity contribution in [1.82, 2.24) is 9.80 Å². The number of halogens is 1. The molecule has 1 saturated carbocycles. The lowest BCUT2D eigenvalue weighted by molar-refractivity contribution is -0.0383. The Labute approximate surface area is 188 Å². The van der Waals surface area contributed by atoms with Gasteiger partial charge in [0.05, 0.1) is 6.54 Å². The van der Waals surface area contributed by atoms with Crippen molar-refractivity contribution < 1.29 is 19.0 Å². The average Bonchev–Trinajstić information content (AvgIpc) is 3.32. The van der Waals surface area contributed by atoms with E-state index in [1.165, 1.54) is 24.8 Å². The van der Waals surface area contributed by atoms with Crippen molar-refractivity contribution in [3.8, 4) is 5.75 Å². The normalized spacial score (nSPS) is 25.6. The zero-order valence-electron chi connectivity index (χ0n) is 18.0. The van der Waals surface area contributed by atoms with Crippen LogP contribution in [0.5, 0.6) is 5.75 Å². The van der Waals surface area contributed by atoms with Crippen LogP contribution in [-0.4, -0.2) is 68.1 Å². The van der Waals surface area contributed by atoms with Gasteiger partial charge in [-0.3, -0.25) is 0 Å². The van der Waals surface area contributed by atoms with Crippen LogP contribution < -0.4 is 4.74 Å². The molecule has 0 N–H and O–H groups in total. The maximum Gasteiger partial charge on any atom is 0.410 e. The summed E-state index contributed by atoms with van der Waals surface area (Å²) >= 11 is 3.69. The van der Waals surface area contributed by atoms with Crippen LogP contribution in [0.1, 0.15) is 38.2 Å². The van der Waals surface area contributed by atoms with Crippen LogP contribution >= 0.6 is 15.9 Å². The summed E-state index contributed by atoms with van der Waals surface area (Å²) in [6.07, 6.45) is 5.38. The van der Waals surface area contributed by atoms with Crippen LogP contribution in [0.25, 0.3) is 0 Å². The third-order valence-electron chi connectivity index (χ3n) is 6.42. The molecule has 2 heterocycles. The van der Waals surface area contributed by atoms with E-state index in [2.05, 4.69) is 33.0 Å². The second kappa shape index (κ2) is 9.88. The molecule has 0 bridgehead atoms. The Morgan fingerprint density at radius 2 is 2.07 bits per heavy atom. The fourth-order valence-electron chi connectivity index (χ4n) is 4.43. The van der Waals surface area contributed by atoms with Gasteiger partial charge >= 0.3 is 6.09 Å². The van der Waals surface area contributed by atoms with Crippen molar-refractivity contribution in [2.24, 2.45) is 11.8 Å². The Morgan fingerprint density at radius 3 is 2.83 bits per heavy atom. The van der Waals surface area contributed by atoms with Gasteiger partial charge in [0, 0.05) is 31.2 Å². The molecule has 1 aromatic rings. The zero-order valence-corrected chi connectivity index (χ0v) is 19.6. The molecule has 0 aromatic heterocycles. The largest absolute Gasteiger partial charge is 0.465 e. The number of benzene rings is 1. The first-order valence-electron chi connectivity index (χ1n) is 11.2. The number of rotatable bonds is 10. The van der Waals surface area contributed by atoms with Gasteiger partial charge in [0.25, 0.3) is 0 Å². The molecule has 0 radical (unpaired) electrons. The lowest BCUT2D eigenvalue weighted by atomic mass is 9.98. The highest BCUT2D eigenvalue weighted by Gasteiger charge is 2.35. The van der Waals surface area contributed by atoms with Gasteiger partial charge in [-0.1, -0.05) is 15.9 Å². The summed E-state index contributed by atoms with van der Waals surface area (Å²) in [5.74, 6) is 2.20. The van der Waals surface area contributed by atoms with Gasteiger partial charge in [-0.15, -0.1) is 0 Å². The number of hydrogen-bond donors (Lipinski definition) is 0. The maximum absolute atomic E-state index is 12.0. The first kappa shape index (κ1) is 21.9. The van der Waals surface area contributed by atoms with E-state index in [1.807, 2.05) is 17.9 Å². The minimum Gasteiger partial charge on any atom is -0.465 e. The van der Waals surface area contributed by atoms with E-state index in [1.54, 1.807) is 7.11 Å². The van der Waals surface area contributed by atoms with Crippen LogP contribution in [-0.2, 0) is 15.9 Å². The first-order chi connectivity index (χ1) is 14.5. The molecule has 30 heavy (non-hydrogen) atoms. The highest BCUT2D eigenvalue weighted by molar-refractivity contribution is 9.10. The summed E-state index contributed by atoms with van der Waals surface area (Å²) in [5, 5.41) is 0. The molecule has 166 valence electrons. The van der Waals surface area contributed by atoms with Gasteiger partial charge in [0.2, 0.25) is 0 Å². The van der Waals surface area contributed by atoms with E-state index >= 15 is 0 Å². The molecular formula is C23H33BrN2O4. The molecule has 3 unspecified atom stereocenters. The molecule has 2 saturated heterocycles. The topological polar surface area (TPSA) is 51.2 Å². The fourth-order valence-corrected chi connectivity index (χ4v) is 4.84. The number of amides is 1. The summed E-state index contributed by atoms with van der Waals surface area (Å²) < 4.78 is 17.7. The quantitative estimate of drug-likeness (QED) is 0.467. The van der Waals surface area contributed by atoms with E-state index in [9.17, 15) is 4.79 Å². The van der Waals surface area contributed by atoms with E-state index in [0.717, 1.165) is 61.7 Å². The third-order valence-corrected chi connectivity index (χ3v) is 7.20. The number of ether oxygens (including phenoxy) is 3. The van der Waals surface area contributed by atoms with E-state index in [0.29, 0.717) is 5.92 Å². The number of cyclic esters (lactones) is 1. The predicted molar refractivity (Wildman–Crippen MR) is 119 cm³/mol. The monoisotopic (exact) mass is 480 g/mol. The number of likely N-dealkylation sites (tertiary alicyclic amines) is 1. The number of carbonyl (C=O) groups is 1. The minimum atomic E-state index is -0.258. The Kier molecular flexibility index (Phi) is 7.21. The van der Waals surface area contributed by atoms with Gasteiger partial charge in [-0.2, -0.15) is 0 Å². The third kappa shape index (κ3) is 5.89. The second-order valence-corrected chi connectivity index (χ2v) is 9.83. The van der Waals surface area contributed by atoms with Gasteiger partial charge in [0.1, 0.15) is 11.9 Å². The Bertz CT molecular complexity index is 742. The molecule has 1 aliphatic carbocycles. The van der Waals surface area contributed by atoms with Crippen molar-refractivity contribution in [2.75, 3.05) is 39.8 Å². The molecule has 4 rings (SSSR count). The Hall–Kier alpha value is -1.31. The average molecular weight is 481 g/mol. The molecule has 3 atom stereocenters. The molecule has 3 aliphatic rings. The summed E-state index contributed by atoms with van der Waals surface area (Å²) in [4.78, 5) is 16.4. The summed E-state index contributed by atoms with van der Waals surface area (Å²) in [6.45, 7) is 6.77. The maximum atomic E-state index is 12.0. The Balaban J connectivity index is 1.22. The highest BCUT2D eigenvalue weighted by atomic mass is 79.9. The summed E-state index contributed by atoms with van der Waals surface area (Å²) in [7, 11) is 1.65. The van der Waals surface area contributed by atoms with Crippen LogP contribution in [0.4, 0.5) is 4.79 Å². The van der Waals surface area contributed by atoms with Crippen molar-refractivity contribution in [3.05, 3.63) is 28.2 Å². The van der Waals surface area contributed by atoms with Crippen molar-refractivity contribution in [3.63, 3.8) is 0 Å². The molecule has 1 amide bonds. The number of carbonyl (C=O) groups excluding carboxylic acids is 1. The van der Waals surface area contributed by atoms with Crippen LogP contribution in [0, 0.1) is 11.8 Å². The molecule has 7 heteroatoms.